The summed E-state index contributed by atoms with van der Waals surface area (Å²) in [5.41, 5.74) is 1.39. The number of rotatable bonds is 5. The zero-order valence-corrected chi connectivity index (χ0v) is 8.14. The quantitative estimate of drug-likeness (QED) is 0.470. The first-order chi connectivity index (χ1) is 6.11. The summed E-state index contributed by atoms with van der Waals surface area (Å²) in [4.78, 5) is 10.0. The van der Waals surface area contributed by atoms with Crippen molar-refractivity contribution in [1.29, 1.82) is 0 Å². The Balaban J connectivity index is 4.42. The third kappa shape index (κ3) is 5.12. The first kappa shape index (κ1) is 11.8. The Labute approximate surface area is 78.6 Å². The molecule has 0 saturated heterocycles. The van der Waals surface area contributed by atoms with Crippen LogP contribution in [0.1, 0.15) is 26.7 Å². The van der Waals surface area contributed by atoms with Crippen molar-refractivity contribution in [1.82, 2.24) is 0 Å². The van der Waals surface area contributed by atoms with Gasteiger partial charge in [-0.05, 0) is 37.5 Å². The minimum Gasteiger partial charge on any atom is -0.303 e. The van der Waals surface area contributed by atoms with Crippen LogP contribution in [-0.4, -0.2) is 6.29 Å². The van der Waals surface area contributed by atoms with E-state index in [1.165, 1.54) is 6.08 Å². The molecule has 0 aromatic carbocycles. The fourth-order valence-corrected chi connectivity index (χ4v) is 0.777. The van der Waals surface area contributed by atoms with Crippen molar-refractivity contribution in [3.05, 3.63) is 35.7 Å². The highest BCUT2D eigenvalue weighted by atomic mass is 19.1. The second kappa shape index (κ2) is 6.35. The van der Waals surface area contributed by atoms with Gasteiger partial charge in [-0.25, -0.2) is 4.39 Å². The van der Waals surface area contributed by atoms with Crippen LogP contribution in [0.5, 0.6) is 0 Å². The molecular formula is C11H15FO. The van der Waals surface area contributed by atoms with Crippen LogP contribution in [0.4, 0.5) is 4.39 Å². The van der Waals surface area contributed by atoms with Crippen molar-refractivity contribution in [2.45, 2.75) is 26.7 Å². The maximum Gasteiger partial charge on any atom is 0.122 e. The van der Waals surface area contributed by atoms with Gasteiger partial charge in [0.2, 0.25) is 0 Å². The van der Waals surface area contributed by atoms with Crippen molar-refractivity contribution >= 4 is 6.29 Å². The molecule has 0 heterocycles. The van der Waals surface area contributed by atoms with E-state index in [1.807, 2.05) is 0 Å². The van der Waals surface area contributed by atoms with Gasteiger partial charge in [0.15, 0.2) is 0 Å². The van der Waals surface area contributed by atoms with E-state index in [4.69, 9.17) is 0 Å². The van der Waals surface area contributed by atoms with Crippen LogP contribution in [0.25, 0.3) is 0 Å². The lowest BCUT2D eigenvalue weighted by Crippen LogP contribution is -1.83. The van der Waals surface area contributed by atoms with Crippen LogP contribution in [0, 0.1) is 0 Å². The van der Waals surface area contributed by atoms with E-state index in [0.29, 0.717) is 18.4 Å². The molecule has 0 bridgehead atoms. The molecule has 13 heavy (non-hydrogen) atoms. The van der Waals surface area contributed by atoms with Crippen LogP contribution in [-0.2, 0) is 4.79 Å². The summed E-state index contributed by atoms with van der Waals surface area (Å²) in [7, 11) is 0. The Hall–Kier alpha value is -1.18. The van der Waals surface area contributed by atoms with Gasteiger partial charge in [-0.3, -0.25) is 0 Å². The second-order valence-electron chi connectivity index (χ2n) is 2.93. The number of carbonyl (C=O) groups is 1. The van der Waals surface area contributed by atoms with E-state index >= 15 is 0 Å². The molecule has 0 saturated carbocycles. The maximum atomic E-state index is 13.2. The van der Waals surface area contributed by atoms with Crippen LogP contribution in [0.3, 0.4) is 0 Å². The summed E-state index contributed by atoms with van der Waals surface area (Å²) < 4.78 is 13.2. The molecule has 0 fully saturated rings. The van der Waals surface area contributed by atoms with Gasteiger partial charge >= 0.3 is 0 Å². The number of hydrogen-bond acceptors (Lipinski definition) is 1. The van der Waals surface area contributed by atoms with E-state index in [1.54, 1.807) is 19.9 Å². The van der Waals surface area contributed by atoms with Gasteiger partial charge in [-0.15, -0.1) is 0 Å². The van der Waals surface area contributed by atoms with Gasteiger partial charge < -0.3 is 4.79 Å². The van der Waals surface area contributed by atoms with E-state index < -0.39 is 0 Å². The molecule has 0 aliphatic heterocycles. The van der Waals surface area contributed by atoms with Crippen molar-refractivity contribution < 1.29 is 9.18 Å². The van der Waals surface area contributed by atoms with Gasteiger partial charge in [0, 0.05) is 6.42 Å². The van der Waals surface area contributed by atoms with Crippen molar-refractivity contribution in [3.63, 3.8) is 0 Å². The van der Waals surface area contributed by atoms with E-state index in [0.717, 1.165) is 11.9 Å². The zero-order valence-electron chi connectivity index (χ0n) is 8.14. The zero-order chi connectivity index (χ0) is 10.3. The molecule has 0 unspecified atom stereocenters. The molecule has 0 rings (SSSR count). The van der Waals surface area contributed by atoms with Gasteiger partial charge in [-0.1, -0.05) is 12.7 Å². The first-order valence-electron chi connectivity index (χ1n) is 4.21. The standard InChI is InChI=1S/C11H15FO/c1-4-9(2)8-11(12)10(3)6-5-7-13/h4,7-8H,1,5-6H2,2-3H3/b9-8-,11-10+. The topological polar surface area (TPSA) is 17.1 Å². The Bertz CT molecular complexity index is 249. The van der Waals surface area contributed by atoms with Gasteiger partial charge in [0.25, 0.3) is 0 Å². The summed E-state index contributed by atoms with van der Waals surface area (Å²) >= 11 is 0. The van der Waals surface area contributed by atoms with Crippen molar-refractivity contribution in [3.8, 4) is 0 Å². The number of hydrogen-bond donors (Lipinski definition) is 0. The van der Waals surface area contributed by atoms with E-state index in [-0.39, 0.29) is 5.83 Å². The SMILES string of the molecule is C=C/C(C)=C\C(F)=C(\C)CCC=O. The van der Waals surface area contributed by atoms with Crippen molar-refractivity contribution in [2.75, 3.05) is 0 Å². The number of halogens is 1. The highest BCUT2D eigenvalue weighted by Gasteiger charge is 1.98. The second-order valence-corrected chi connectivity index (χ2v) is 2.93. The summed E-state index contributed by atoms with van der Waals surface area (Å²) in [6.45, 7) is 6.99. The molecule has 0 spiro atoms. The fourth-order valence-electron chi connectivity index (χ4n) is 0.777. The Morgan fingerprint density at radius 2 is 2.08 bits per heavy atom. The molecule has 1 nitrogen and oxygen atoms in total. The molecule has 0 amide bonds. The molecule has 72 valence electrons. The lowest BCUT2D eigenvalue weighted by atomic mass is 10.1. The monoisotopic (exact) mass is 182 g/mol. The van der Waals surface area contributed by atoms with Crippen molar-refractivity contribution in [2.24, 2.45) is 0 Å². The summed E-state index contributed by atoms with van der Waals surface area (Å²) in [5.74, 6) is -0.265. The first-order valence-corrected chi connectivity index (χ1v) is 4.21. The van der Waals surface area contributed by atoms with Crippen LogP contribution in [0.15, 0.2) is 35.7 Å². The van der Waals surface area contributed by atoms with Crippen LogP contribution in [0.2, 0.25) is 0 Å². The molecular weight excluding hydrogens is 167 g/mol. The molecule has 0 aliphatic carbocycles. The Morgan fingerprint density at radius 1 is 1.46 bits per heavy atom. The lowest BCUT2D eigenvalue weighted by Gasteiger charge is -1.98. The highest BCUT2D eigenvalue weighted by Crippen LogP contribution is 2.14. The van der Waals surface area contributed by atoms with Gasteiger partial charge in [0.1, 0.15) is 12.1 Å². The maximum absolute atomic E-state index is 13.2. The van der Waals surface area contributed by atoms with E-state index in [9.17, 15) is 9.18 Å². The van der Waals surface area contributed by atoms with Gasteiger partial charge in [0.05, 0.1) is 0 Å². The molecule has 0 aromatic rings. The van der Waals surface area contributed by atoms with Crippen LogP contribution >= 0.6 is 0 Å². The average Bonchev–Trinajstić information content (AvgIpc) is 2.13. The fraction of sp³-hybridized carbons (Fsp3) is 0.364. The number of carbonyl (C=O) groups excluding carboxylic acids is 1. The van der Waals surface area contributed by atoms with Crippen LogP contribution < -0.4 is 0 Å². The minimum atomic E-state index is -0.265. The molecule has 0 radical (unpaired) electrons. The lowest BCUT2D eigenvalue weighted by molar-refractivity contribution is -0.107. The predicted octanol–water partition coefficient (Wildman–Crippen LogP) is 3.34. The summed E-state index contributed by atoms with van der Waals surface area (Å²) in [6, 6.07) is 0. The number of aldehydes is 1. The third-order valence-corrected chi connectivity index (χ3v) is 1.72. The smallest absolute Gasteiger partial charge is 0.122 e. The predicted molar refractivity (Wildman–Crippen MR) is 53.1 cm³/mol. The average molecular weight is 182 g/mol. The third-order valence-electron chi connectivity index (χ3n) is 1.72. The molecule has 2 heteroatoms. The summed E-state index contributed by atoms with van der Waals surface area (Å²) in [5, 5.41) is 0. The minimum absolute atomic E-state index is 0.265. The Morgan fingerprint density at radius 3 is 2.54 bits per heavy atom. The van der Waals surface area contributed by atoms with E-state index in [2.05, 4.69) is 6.58 Å². The normalized spacial score (nSPS) is 13.6. The number of allylic oxidation sites excluding steroid dienone is 5. The molecule has 0 N–H and O–H groups in total. The molecule has 0 aromatic heterocycles. The highest BCUT2D eigenvalue weighted by molar-refractivity contribution is 5.50. The largest absolute Gasteiger partial charge is 0.303 e. The summed E-state index contributed by atoms with van der Waals surface area (Å²) in [6.07, 6.45) is 4.66. The molecule has 0 aliphatic rings. The Kier molecular flexibility index (Phi) is 5.77. The molecule has 0 atom stereocenters. The van der Waals surface area contributed by atoms with Gasteiger partial charge in [-0.2, -0.15) is 0 Å².